The second-order valence-corrected chi connectivity index (χ2v) is 5.32. The van der Waals surface area contributed by atoms with E-state index in [2.05, 4.69) is 39.6 Å². The molecule has 0 radical (unpaired) electrons. The highest BCUT2D eigenvalue weighted by molar-refractivity contribution is 7.98. The van der Waals surface area contributed by atoms with Crippen LogP contribution in [0.2, 0.25) is 0 Å². The smallest absolute Gasteiger partial charge is 0.138 e. The summed E-state index contributed by atoms with van der Waals surface area (Å²) in [5.74, 6) is 1.66. The van der Waals surface area contributed by atoms with Crippen LogP contribution in [0, 0.1) is 0 Å². The van der Waals surface area contributed by atoms with Crippen molar-refractivity contribution in [3.8, 4) is 0 Å². The van der Waals surface area contributed by atoms with Crippen molar-refractivity contribution >= 4 is 11.8 Å². The summed E-state index contributed by atoms with van der Waals surface area (Å²) in [4.78, 5) is 9.70. The van der Waals surface area contributed by atoms with Crippen LogP contribution in [-0.4, -0.2) is 30.2 Å². The Morgan fingerprint density at radius 3 is 2.85 bits per heavy atom. The molecule has 0 amide bonds. The quantitative estimate of drug-likeness (QED) is 0.597. The third kappa shape index (κ3) is 5.28. The maximum absolute atomic E-state index is 5.01. The van der Waals surface area contributed by atoms with Gasteiger partial charge in [-0.1, -0.05) is 12.1 Å². The first-order valence-corrected chi connectivity index (χ1v) is 7.54. The molecule has 0 fully saturated rings. The molecule has 1 N–H and O–H groups in total. The largest absolute Gasteiger partial charge is 0.383 e. The highest BCUT2D eigenvalue weighted by Crippen LogP contribution is 2.22. The van der Waals surface area contributed by atoms with Crippen molar-refractivity contribution in [2.45, 2.75) is 17.2 Å². The Labute approximate surface area is 124 Å². The van der Waals surface area contributed by atoms with Gasteiger partial charge in [0, 0.05) is 37.5 Å². The summed E-state index contributed by atoms with van der Waals surface area (Å²) in [5, 5.41) is 3.34. The van der Waals surface area contributed by atoms with E-state index in [1.807, 2.05) is 6.07 Å². The van der Waals surface area contributed by atoms with Crippen molar-refractivity contribution in [2.24, 2.45) is 0 Å². The Bertz CT molecular complexity index is 507. The third-order valence-electron chi connectivity index (χ3n) is 2.70. The first kappa shape index (κ1) is 15.0. The van der Waals surface area contributed by atoms with Gasteiger partial charge in [-0.05, 0) is 23.8 Å². The van der Waals surface area contributed by atoms with Gasteiger partial charge in [0.15, 0.2) is 0 Å². The Hall–Kier alpha value is -1.43. The molecule has 0 saturated heterocycles. The van der Waals surface area contributed by atoms with Crippen LogP contribution in [0.5, 0.6) is 0 Å². The zero-order valence-electron chi connectivity index (χ0n) is 11.6. The molecule has 5 heteroatoms. The Morgan fingerprint density at radius 2 is 2.05 bits per heavy atom. The van der Waals surface area contributed by atoms with Gasteiger partial charge in [0.25, 0.3) is 0 Å². The SMILES string of the molecule is COCCNCc1cccc(SCc2ncccn2)c1. The van der Waals surface area contributed by atoms with E-state index in [9.17, 15) is 0 Å². The van der Waals surface area contributed by atoms with Crippen molar-refractivity contribution in [1.29, 1.82) is 0 Å². The summed E-state index contributed by atoms with van der Waals surface area (Å²) in [7, 11) is 1.71. The van der Waals surface area contributed by atoms with E-state index in [1.165, 1.54) is 10.5 Å². The molecule has 0 saturated carbocycles. The fourth-order valence-electron chi connectivity index (χ4n) is 1.70. The molecule has 4 nitrogen and oxygen atoms in total. The molecule has 0 aliphatic rings. The molecule has 2 rings (SSSR count). The van der Waals surface area contributed by atoms with Crippen LogP contribution in [0.25, 0.3) is 0 Å². The van der Waals surface area contributed by atoms with Crippen LogP contribution in [0.3, 0.4) is 0 Å². The number of hydrogen-bond acceptors (Lipinski definition) is 5. The molecule has 0 aliphatic carbocycles. The van der Waals surface area contributed by atoms with Crippen molar-refractivity contribution in [1.82, 2.24) is 15.3 Å². The molecular formula is C15H19N3OS. The van der Waals surface area contributed by atoms with Crippen LogP contribution in [0.1, 0.15) is 11.4 Å². The molecule has 0 bridgehead atoms. The Morgan fingerprint density at radius 1 is 1.20 bits per heavy atom. The first-order valence-electron chi connectivity index (χ1n) is 6.56. The van der Waals surface area contributed by atoms with Gasteiger partial charge in [0.05, 0.1) is 12.4 Å². The van der Waals surface area contributed by atoms with Crippen LogP contribution in [0.15, 0.2) is 47.6 Å². The van der Waals surface area contributed by atoms with E-state index in [-0.39, 0.29) is 0 Å². The molecule has 1 aromatic carbocycles. The predicted molar refractivity (Wildman–Crippen MR) is 81.6 cm³/mol. The molecular weight excluding hydrogens is 270 g/mol. The molecule has 1 aromatic heterocycles. The monoisotopic (exact) mass is 289 g/mol. The number of nitrogens with zero attached hydrogens (tertiary/aromatic N) is 2. The van der Waals surface area contributed by atoms with Crippen molar-refractivity contribution in [3.05, 3.63) is 54.1 Å². The fourth-order valence-corrected chi connectivity index (χ4v) is 2.56. The first-order chi connectivity index (χ1) is 9.88. The maximum atomic E-state index is 5.01. The highest BCUT2D eigenvalue weighted by atomic mass is 32.2. The summed E-state index contributed by atoms with van der Waals surface area (Å²) in [6, 6.07) is 10.4. The number of thioether (sulfide) groups is 1. The minimum absolute atomic E-state index is 0.736. The van der Waals surface area contributed by atoms with E-state index in [4.69, 9.17) is 4.74 Å². The average Bonchev–Trinajstić information content (AvgIpc) is 2.51. The van der Waals surface area contributed by atoms with E-state index < -0.39 is 0 Å². The zero-order chi connectivity index (χ0) is 14.0. The molecule has 0 aliphatic heterocycles. The number of hydrogen-bond donors (Lipinski definition) is 1. The second-order valence-electron chi connectivity index (χ2n) is 4.27. The van der Waals surface area contributed by atoms with E-state index in [0.29, 0.717) is 0 Å². The number of benzene rings is 1. The molecule has 1 heterocycles. The lowest BCUT2D eigenvalue weighted by Gasteiger charge is -2.06. The number of aromatic nitrogens is 2. The fraction of sp³-hybridized carbons (Fsp3) is 0.333. The predicted octanol–water partition coefficient (Wildman–Crippen LogP) is 2.50. The number of ether oxygens (including phenoxy) is 1. The zero-order valence-corrected chi connectivity index (χ0v) is 12.4. The Balaban J connectivity index is 1.83. The maximum Gasteiger partial charge on any atom is 0.138 e. The number of methoxy groups -OCH3 is 1. The summed E-state index contributed by atoms with van der Waals surface area (Å²) in [6.07, 6.45) is 3.55. The van der Waals surface area contributed by atoms with Gasteiger partial charge in [-0.3, -0.25) is 0 Å². The summed E-state index contributed by atoms with van der Waals surface area (Å²) >= 11 is 1.75. The van der Waals surface area contributed by atoms with Gasteiger partial charge in [-0.25, -0.2) is 9.97 Å². The van der Waals surface area contributed by atoms with Crippen LogP contribution in [-0.2, 0) is 17.0 Å². The van der Waals surface area contributed by atoms with Crippen molar-refractivity contribution in [2.75, 3.05) is 20.3 Å². The summed E-state index contributed by atoms with van der Waals surface area (Å²) in [5.41, 5.74) is 1.28. The minimum Gasteiger partial charge on any atom is -0.383 e. The van der Waals surface area contributed by atoms with Gasteiger partial charge in [-0.15, -0.1) is 11.8 Å². The molecule has 20 heavy (non-hydrogen) atoms. The van der Waals surface area contributed by atoms with Gasteiger partial charge in [0.2, 0.25) is 0 Å². The highest BCUT2D eigenvalue weighted by Gasteiger charge is 2.00. The van der Waals surface area contributed by atoms with E-state index in [1.54, 1.807) is 31.3 Å². The van der Waals surface area contributed by atoms with Gasteiger partial charge < -0.3 is 10.1 Å². The van der Waals surface area contributed by atoms with Crippen molar-refractivity contribution < 1.29 is 4.74 Å². The standard InChI is InChI=1S/C15H19N3OS/c1-19-9-8-16-11-13-4-2-5-14(10-13)20-12-15-17-6-3-7-18-15/h2-7,10,16H,8-9,11-12H2,1H3. The topological polar surface area (TPSA) is 47.0 Å². The molecule has 106 valence electrons. The van der Waals surface area contributed by atoms with Gasteiger partial charge in [-0.2, -0.15) is 0 Å². The van der Waals surface area contributed by atoms with E-state index >= 15 is 0 Å². The number of nitrogens with one attached hydrogen (secondary N) is 1. The average molecular weight is 289 g/mol. The van der Waals surface area contributed by atoms with Crippen LogP contribution < -0.4 is 5.32 Å². The van der Waals surface area contributed by atoms with Gasteiger partial charge in [0.1, 0.15) is 5.82 Å². The lowest BCUT2D eigenvalue weighted by atomic mass is 10.2. The summed E-state index contributed by atoms with van der Waals surface area (Å²) in [6.45, 7) is 2.46. The number of rotatable bonds is 8. The van der Waals surface area contributed by atoms with E-state index in [0.717, 1.165) is 31.3 Å². The lowest BCUT2D eigenvalue weighted by Crippen LogP contribution is -2.18. The van der Waals surface area contributed by atoms with Crippen LogP contribution in [0.4, 0.5) is 0 Å². The molecule has 2 aromatic rings. The second kappa shape index (κ2) is 8.68. The van der Waals surface area contributed by atoms with Crippen molar-refractivity contribution in [3.63, 3.8) is 0 Å². The van der Waals surface area contributed by atoms with Gasteiger partial charge >= 0.3 is 0 Å². The lowest BCUT2D eigenvalue weighted by molar-refractivity contribution is 0.199. The Kier molecular flexibility index (Phi) is 6.50. The summed E-state index contributed by atoms with van der Waals surface area (Å²) < 4.78 is 5.01. The molecule has 0 atom stereocenters. The normalized spacial score (nSPS) is 10.7. The molecule has 0 unspecified atom stereocenters. The third-order valence-corrected chi connectivity index (χ3v) is 3.69. The van der Waals surface area contributed by atoms with Crippen LogP contribution >= 0.6 is 11.8 Å². The molecule has 0 spiro atoms. The minimum atomic E-state index is 0.736.